The van der Waals surface area contributed by atoms with Crippen molar-refractivity contribution in [2.24, 2.45) is 5.73 Å². The van der Waals surface area contributed by atoms with E-state index in [1.807, 2.05) is 6.08 Å². The maximum absolute atomic E-state index is 12.7. The standard InChI is InChI=1S/C41H83N2O6P/c1-3-5-7-9-11-13-15-17-19-20-21-23-25-27-29-31-33-35-41(45)43-39(38-49-50(46,47)48-37-36-42)40(44)34-32-30-28-26-24-22-18-16-14-12-10-8-6-4-2/h32,34,39-40,44H,3-31,33,35-38,42H2,1-2H3,(H,43,45)(H,46,47)/b34-32+/t39-,40+/m0/s1. The molecule has 0 heterocycles. The lowest BCUT2D eigenvalue weighted by Gasteiger charge is -2.23. The molecule has 50 heavy (non-hydrogen) atoms. The van der Waals surface area contributed by atoms with E-state index in [-0.39, 0.29) is 25.7 Å². The van der Waals surface area contributed by atoms with E-state index < -0.39 is 20.0 Å². The van der Waals surface area contributed by atoms with Crippen LogP contribution in [0, 0.1) is 0 Å². The fraction of sp³-hybridized carbons (Fsp3) is 0.927. The Morgan fingerprint density at radius 2 is 1.02 bits per heavy atom. The SMILES string of the molecule is CCCCCCCCCCCCCC/C=C/[C@@H](O)[C@H](COP(=O)(O)OCCN)NC(=O)CCCCCCCCCCCCCCCCCCC. The molecule has 0 aromatic heterocycles. The Morgan fingerprint density at radius 1 is 0.640 bits per heavy atom. The molecule has 0 spiro atoms. The summed E-state index contributed by atoms with van der Waals surface area (Å²) >= 11 is 0. The number of hydrogen-bond acceptors (Lipinski definition) is 6. The third-order valence-electron chi connectivity index (χ3n) is 9.61. The molecule has 0 aromatic rings. The number of phosphoric ester groups is 1. The number of aliphatic hydroxyl groups is 1. The van der Waals surface area contributed by atoms with E-state index in [0.717, 1.165) is 38.5 Å². The number of carbonyl (C=O) groups is 1. The van der Waals surface area contributed by atoms with Crippen LogP contribution in [0.5, 0.6) is 0 Å². The topological polar surface area (TPSA) is 131 Å². The van der Waals surface area contributed by atoms with Crippen molar-refractivity contribution in [3.8, 4) is 0 Å². The second kappa shape index (κ2) is 38.0. The summed E-state index contributed by atoms with van der Waals surface area (Å²) in [5, 5.41) is 13.7. The van der Waals surface area contributed by atoms with Gasteiger partial charge < -0.3 is 21.1 Å². The van der Waals surface area contributed by atoms with Crippen molar-refractivity contribution in [2.45, 2.75) is 225 Å². The monoisotopic (exact) mass is 731 g/mol. The molecule has 0 aliphatic rings. The van der Waals surface area contributed by atoms with Gasteiger partial charge in [0.05, 0.1) is 25.4 Å². The molecule has 0 radical (unpaired) electrons. The van der Waals surface area contributed by atoms with Crippen molar-refractivity contribution in [2.75, 3.05) is 19.8 Å². The molecule has 0 aromatic carbocycles. The molecule has 0 aliphatic carbocycles. The molecule has 0 aliphatic heterocycles. The van der Waals surface area contributed by atoms with Gasteiger partial charge in [-0.25, -0.2) is 4.57 Å². The van der Waals surface area contributed by atoms with Gasteiger partial charge in [-0.05, 0) is 19.3 Å². The van der Waals surface area contributed by atoms with Crippen molar-refractivity contribution in [3.63, 3.8) is 0 Å². The molecule has 3 atom stereocenters. The van der Waals surface area contributed by atoms with Crippen LogP contribution >= 0.6 is 7.82 Å². The van der Waals surface area contributed by atoms with E-state index in [0.29, 0.717) is 6.42 Å². The Hall–Kier alpha value is -0.760. The summed E-state index contributed by atoms with van der Waals surface area (Å²) in [5.41, 5.74) is 5.37. The number of aliphatic hydroxyl groups excluding tert-OH is 1. The van der Waals surface area contributed by atoms with Crippen LogP contribution < -0.4 is 11.1 Å². The highest BCUT2D eigenvalue weighted by Gasteiger charge is 2.26. The molecular formula is C41H83N2O6P. The van der Waals surface area contributed by atoms with Gasteiger partial charge in [-0.15, -0.1) is 0 Å². The Morgan fingerprint density at radius 3 is 1.42 bits per heavy atom. The minimum Gasteiger partial charge on any atom is -0.387 e. The van der Waals surface area contributed by atoms with Crippen molar-refractivity contribution in [3.05, 3.63) is 12.2 Å². The fourth-order valence-corrected chi connectivity index (χ4v) is 7.13. The lowest BCUT2D eigenvalue weighted by atomic mass is 10.0. The van der Waals surface area contributed by atoms with Crippen LogP contribution in [-0.4, -0.2) is 47.8 Å². The molecule has 0 fully saturated rings. The predicted octanol–water partition coefficient (Wildman–Crippen LogP) is 11.6. The highest BCUT2D eigenvalue weighted by molar-refractivity contribution is 7.47. The van der Waals surface area contributed by atoms with E-state index in [1.54, 1.807) is 6.08 Å². The Labute approximate surface area is 309 Å². The molecule has 0 rings (SSSR count). The Kier molecular flexibility index (Phi) is 37.4. The third-order valence-corrected chi connectivity index (χ3v) is 10.6. The summed E-state index contributed by atoms with van der Waals surface area (Å²) in [6.07, 6.45) is 41.1. The number of phosphoric acid groups is 1. The van der Waals surface area contributed by atoms with Crippen LogP contribution in [0.3, 0.4) is 0 Å². The molecule has 5 N–H and O–H groups in total. The zero-order valence-electron chi connectivity index (χ0n) is 32.9. The van der Waals surface area contributed by atoms with E-state index in [1.165, 1.54) is 154 Å². The minimum atomic E-state index is -4.33. The first-order valence-corrected chi connectivity index (χ1v) is 22.8. The number of amides is 1. The summed E-state index contributed by atoms with van der Waals surface area (Å²) in [6, 6.07) is -0.853. The van der Waals surface area contributed by atoms with Crippen molar-refractivity contribution in [1.29, 1.82) is 0 Å². The molecule has 298 valence electrons. The van der Waals surface area contributed by atoms with Crippen molar-refractivity contribution in [1.82, 2.24) is 5.32 Å². The van der Waals surface area contributed by atoms with Crippen molar-refractivity contribution < 1.29 is 28.4 Å². The second-order valence-electron chi connectivity index (χ2n) is 14.6. The smallest absolute Gasteiger partial charge is 0.387 e. The van der Waals surface area contributed by atoms with Crippen LogP contribution in [0.2, 0.25) is 0 Å². The lowest BCUT2D eigenvalue weighted by molar-refractivity contribution is -0.123. The molecule has 1 amide bonds. The van der Waals surface area contributed by atoms with Crippen LogP contribution in [0.15, 0.2) is 12.2 Å². The number of carbonyl (C=O) groups excluding carboxylic acids is 1. The van der Waals surface area contributed by atoms with Crippen LogP contribution in [0.25, 0.3) is 0 Å². The van der Waals surface area contributed by atoms with Crippen molar-refractivity contribution >= 4 is 13.7 Å². The van der Waals surface area contributed by atoms with E-state index in [2.05, 4.69) is 19.2 Å². The van der Waals surface area contributed by atoms with Crippen LogP contribution in [0.1, 0.15) is 213 Å². The first kappa shape index (κ1) is 49.2. The lowest BCUT2D eigenvalue weighted by Crippen LogP contribution is -2.45. The largest absolute Gasteiger partial charge is 0.472 e. The zero-order valence-corrected chi connectivity index (χ0v) is 33.8. The summed E-state index contributed by atoms with van der Waals surface area (Å²) < 4.78 is 22.1. The zero-order chi connectivity index (χ0) is 36.8. The number of nitrogens with one attached hydrogen (secondary N) is 1. The van der Waals surface area contributed by atoms with E-state index in [9.17, 15) is 19.4 Å². The van der Waals surface area contributed by atoms with E-state index in [4.69, 9.17) is 14.8 Å². The average molecular weight is 731 g/mol. The minimum absolute atomic E-state index is 0.0813. The molecular weight excluding hydrogens is 647 g/mol. The Balaban J connectivity index is 4.19. The normalized spacial score (nSPS) is 14.3. The maximum Gasteiger partial charge on any atom is 0.472 e. The maximum atomic E-state index is 12.7. The van der Waals surface area contributed by atoms with Gasteiger partial charge in [-0.3, -0.25) is 13.8 Å². The summed E-state index contributed by atoms with van der Waals surface area (Å²) in [6.45, 7) is 4.15. The first-order chi connectivity index (χ1) is 24.4. The summed E-state index contributed by atoms with van der Waals surface area (Å²) in [7, 11) is -4.33. The predicted molar refractivity (Wildman–Crippen MR) is 212 cm³/mol. The molecule has 1 unspecified atom stereocenters. The van der Waals surface area contributed by atoms with E-state index >= 15 is 0 Å². The van der Waals surface area contributed by atoms with Gasteiger partial charge in [0.1, 0.15) is 0 Å². The third kappa shape index (κ3) is 35.6. The highest BCUT2D eigenvalue weighted by Crippen LogP contribution is 2.43. The van der Waals surface area contributed by atoms with Gasteiger partial charge in [0, 0.05) is 13.0 Å². The number of unbranched alkanes of at least 4 members (excludes halogenated alkanes) is 28. The van der Waals surface area contributed by atoms with Gasteiger partial charge >= 0.3 is 7.82 Å². The molecule has 0 saturated carbocycles. The molecule has 9 heteroatoms. The second-order valence-corrected chi connectivity index (χ2v) is 16.0. The molecule has 0 saturated heterocycles. The average Bonchev–Trinajstić information content (AvgIpc) is 3.10. The molecule has 8 nitrogen and oxygen atoms in total. The number of rotatable bonds is 40. The number of nitrogens with two attached hydrogens (primary N) is 1. The van der Waals surface area contributed by atoms with Gasteiger partial charge in [0.2, 0.25) is 5.91 Å². The Bertz CT molecular complexity index is 799. The van der Waals surface area contributed by atoms with Gasteiger partial charge in [0.15, 0.2) is 0 Å². The summed E-state index contributed by atoms with van der Waals surface area (Å²) in [4.78, 5) is 22.7. The van der Waals surface area contributed by atoms with Crippen LogP contribution in [-0.2, 0) is 18.4 Å². The van der Waals surface area contributed by atoms with Gasteiger partial charge in [-0.1, -0.05) is 199 Å². The number of allylic oxidation sites excluding steroid dienone is 1. The fourth-order valence-electron chi connectivity index (χ4n) is 6.37. The summed E-state index contributed by atoms with van der Waals surface area (Å²) in [5.74, 6) is -0.191. The highest BCUT2D eigenvalue weighted by atomic mass is 31.2. The molecule has 0 bridgehead atoms. The first-order valence-electron chi connectivity index (χ1n) is 21.3. The quantitative estimate of drug-likeness (QED) is 0.0280. The van der Waals surface area contributed by atoms with Gasteiger partial charge in [-0.2, -0.15) is 0 Å². The van der Waals surface area contributed by atoms with Gasteiger partial charge in [0.25, 0.3) is 0 Å². The number of hydrogen-bond donors (Lipinski definition) is 4. The van der Waals surface area contributed by atoms with Crippen LogP contribution in [0.4, 0.5) is 0 Å².